The summed E-state index contributed by atoms with van der Waals surface area (Å²) in [5.74, 6) is 0.916. The fraction of sp³-hybridized carbons (Fsp3) is 0.417. The molecule has 19 heavy (non-hydrogen) atoms. The van der Waals surface area contributed by atoms with E-state index in [1.165, 1.54) is 6.92 Å². The normalized spacial score (nSPS) is 10.6. The van der Waals surface area contributed by atoms with Gasteiger partial charge in [-0.1, -0.05) is 0 Å². The van der Waals surface area contributed by atoms with Crippen LogP contribution in [-0.2, 0) is 24.8 Å². The van der Waals surface area contributed by atoms with Gasteiger partial charge in [-0.25, -0.2) is 0 Å². The molecule has 2 heterocycles. The first-order valence-electron chi connectivity index (χ1n) is 6.04. The van der Waals surface area contributed by atoms with Crippen molar-refractivity contribution >= 4 is 22.9 Å². The van der Waals surface area contributed by atoms with Crippen molar-refractivity contribution in [3.05, 3.63) is 28.5 Å². The molecule has 102 valence electrons. The molecule has 2 rings (SSSR count). The van der Waals surface area contributed by atoms with Crippen LogP contribution in [0.25, 0.3) is 0 Å². The molecule has 0 unspecified atom stereocenters. The second-order valence-corrected chi connectivity index (χ2v) is 5.22. The molecule has 0 aliphatic heterocycles. The summed E-state index contributed by atoms with van der Waals surface area (Å²) in [7, 11) is 1.93. The summed E-state index contributed by atoms with van der Waals surface area (Å²) in [5.41, 5.74) is 0.892. The summed E-state index contributed by atoms with van der Waals surface area (Å²) in [6.07, 6.45) is 2.53. The number of anilines is 1. The van der Waals surface area contributed by atoms with Crippen LogP contribution in [0.15, 0.2) is 17.8 Å². The zero-order chi connectivity index (χ0) is 13.7. The van der Waals surface area contributed by atoms with Crippen molar-refractivity contribution < 1.29 is 4.79 Å². The van der Waals surface area contributed by atoms with E-state index in [1.54, 1.807) is 17.7 Å². The van der Waals surface area contributed by atoms with E-state index < -0.39 is 0 Å². The van der Waals surface area contributed by atoms with Crippen molar-refractivity contribution in [3.63, 3.8) is 0 Å². The van der Waals surface area contributed by atoms with E-state index in [2.05, 4.69) is 20.8 Å². The van der Waals surface area contributed by atoms with Crippen LogP contribution in [-0.4, -0.2) is 27.2 Å². The van der Waals surface area contributed by atoms with Crippen LogP contribution < -0.4 is 10.6 Å². The standard InChI is InChI=1S/C12H17N5OS/c1-9(18)15-10-4-6-19-11(10)7-13-5-3-12-16-14-8-17(12)2/h4,6,8,13H,3,5,7H2,1-2H3,(H,15,18). The Kier molecular flexibility index (Phi) is 4.64. The number of thiophene rings is 1. The summed E-state index contributed by atoms with van der Waals surface area (Å²) in [6.45, 7) is 3.08. The van der Waals surface area contributed by atoms with Crippen molar-refractivity contribution in [1.82, 2.24) is 20.1 Å². The first-order chi connectivity index (χ1) is 9.16. The van der Waals surface area contributed by atoms with Gasteiger partial charge in [-0.2, -0.15) is 0 Å². The zero-order valence-corrected chi connectivity index (χ0v) is 11.8. The average molecular weight is 279 g/mol. The molecule has 0 aromatic carbocycles. The van der Waals surface area contributed by atoms with Gasteiger partial charge in [0.25, 0.3) is 0 Å². The van der Waals surface area contributed by atoms with Crippen LogP contribution in [0.5, 0.6) is 0 Å². The zero-order valence-electron chi connectivity index (χ0n) is 11.0. The molecular weight excluding hydrogens is 262 g/mol. The Balaban J connectivity index is 1.78. The van der Waals surface area contributed by atoms with Gasteiger partial charge in [0.2, 0.25) is 5.91 Å². The molecule has 0 fully saturated rings. The van der Waals surface area contributed by atoms with Gasteiger partial charge in [-0.3, -0.25) is 4.79 Å². The molecular formula is C12H17N5OS. The second-order valence-electron chi connectivity index (χ2n) is 4.22. The Morgan fingerprint density at radius 2 is 2.37 bits per heavy atom. The first kappa shape index (κ1) is 13.7. The van der Waals surface area contributed by atoms with E-state index in [-0.39, 0.29) is 5.91 Å². The Morgan fingerprint density at radius 1 is 1.53 bits per heavy atom. The third kappa shape index (κ3) is 3.87. The third-order valence-corrected chi connectivity index (χ3v) is 3.59. The van der Waals surface area contributed by atoms with Crippen molar-refractivity contribution in [2.75, 3.05) is 11.9 Å². The fourth-order valence-corrected chi connectivity index (χ4v) is 2.51. The highest BCUT2D eigenvalue weighted by atomic mass is 32.1. The molecule has 0 saturated carbocycles. The summed E-state index contributed by atoms with van der Waals surface area (Å²) < 4.78 is 1.91. The minimum atomic E-state index is -0.0428. The lowest BCUT2D eigenvalue weighted by Crippen LogP contribution is -2.18. The highest BCUT2D eigenvalue weighted by Gasteiger charge is 2.05. The second kappa shape index (κ2) is 6.44. The number of nitrogens with one attached hydrogen (secondary N) is 2. The van der Waals surface area contributed by atoms with Gasteiger partial charge in [0, 0.05) is 38.4 Å². The monoisotopic (exact) mass is 279 g/mol. The van der Waals surface area contributed by atoms with E-state index in [1.807, 2.05) is 23.1 Å². The van der Waals surface area contributed by atoms with E-state index in [9.17, 15) is 4.79 Å². The first-order valence-corrected chi connectivity index (χ1v) is 6.92. The van der Waals surface area contributed by atoms with Gasteiger partial charge >= 0.3 is 0 Å². The number of aromatic nitrogens is 3. The fourth-order valence-electron chi connectivity index (χ4n) is 1.71. The van der Waals surface area contributed by atoms with Crippen LogP contribution in [0.3, 0.4) is 0 Å². The molecule has 0 aliphatic rings. The maximum absolute atomic E-state index is 11.0. The average Bonchev–Trinajstić information content (AvgIpc) is 2.94. The third-order valence-electron chi connectivity index (χ3n) is 2.67. The van der Waals surface area contributed by atoms with E-state index in [0.717, 1.165) is 35.9 Å². The lowest BCUT2D eigenvalue weighted by molar-refractivity contribution is -0.114. The number of hydrogen-bond acceptors (Lipinski definition) is 5. The number of carbonyl (C=O) groups excluding carboxylic acids is 1. The number of carbonyl (C=O) groups is 1. The molecule has 0 spiro atoms. The molecule has 2 N–H and O–H groups in total. The van der Waals surface area contributed by atoms with Crippen LogP contribution in [0, 0.1) is 0 Å². The predicted molar refractivity (Wildman–Crippen MR) is 75.0 cm³/mol. The molecule has 2 aromatic rings. The lowest BCUT2D eigenvalue weighted by Gasteiger charge is -2.06. The van der Waals surface area contributed by atoms with Crippen LogP contribution in [0.4, 0.5) is 5.69 Å². The van der Waals surface area contributed by atoms with Gasteiger partial charge in [-0.15, -0.1) is 21.5 Å². The Labute approximate surface area is 115 Å². The molecule has 0 bridgehead atoms. The van der Waals surface area contributed by atoms with Crippen molar-refractivity contribution in [3.8, 4) is 0 Å². The molecule has 0 radical (unpaired) electrons. The van der Waals surface area contributed by atoms with Crippen molar-refractivity contribution in [2.45, 2.75) is 19.9 Å². The largest absolute Gasteiger partial charge is 0.325 e. The SMILES string of the molecule is CC(=O)Nc1ccsc1CNCCc1nncn1C. The predicted octanol–water partition coefficient (Wildman–Crippen LogP) is 1.17. The minimum absolute atomic E-state index is 0.0428. The van der Waals surface area contributed by atoms with Crippen LogP contribution >= 0.6 is 11.3 Å². The highest BCUT2D eigenvalue weighted by Crippen LogP contribution is 2.21. The molecule has 0 aliphatic carbocycles. The van der Waals surface area contributed by atoms with Gasteiger partial charge in [0.15, 0.2) is 0 Å². The minimum Gasteiger partial charge on any atom is -0.325 e. The van der Waals surface area contributed by atoms with Crippen molar-refractivity contribution in [2.24, 2.45) is 7.05 Å². The van der Waals surface area contributed by atoms with Gasteiger partial charge in [0.05, 0.1) is 5.69 Å². The number of nitrogens with zero attached hydrogens (tertiary/aromatic N) is 3. The smallest absolute Gasteiger partial charge is 0.221 e. The van der Waals surface area contributed by atoms with Crippen molar-refractivity contribution in [1.29, 1.82) is 0 Å². The number of aryl methyl sites for hydroxylation is 1. The number of hydrogen-bond donors (Lipinski definition) is 2. The summed E-state index contributed by atoms with van der Waals surface area (Å²) in [6, 6.07) is 1.92. The lowest BCUT2D eigenvalue weighted by atomic mass is 10.3. The summed E-state index contributed by atoms with van der Waals surface area (Å²) in [4.78, 5) is 12.2. The van der Waals surface area contributed by atoms with Gasteiger partial charge in [0.1, 0.15) is 12.2 Å². The van der Waals surface area contributed by atoms with Crippen LogP contribution in [0.2, 0.25) is 0 Å². The van der Waals surface area contributed by atoms with E-state index in [0.29, 0.717) is 0 Å². The molecule has 0 saturated heterocycles. The molecule has 7 heteroatoms. The maximum Gasteiger partial charge on any atom is 0.221 e. The number of amides is 1. The number of rotatable bonds is 6. The van der Waals surface area contributed by atoms with Gasteiger partial charge in [-0.05, 0) is 11.4 Å². The quantitative estimate of drug-likeness (QED) is 0.779. The maximum atomic E-state index is 11.0. The molecule has 1 amide bonds. The topological polar surface area (TPSA) is 71.8 Å². The molecule has 0 atom stereocenters. The van der Waals surface area contributed by atoms with Crippen LogP contribution in [0.1, 0.15) is 17.6 Å². The van der Waals surface area contributed by atoms with E-state index >= 15 is 0 Å². The molecule has 6 nitrogen and oxygen atoms in total. The Morgan fingerprint density at radius 3 is 3.05 bits per heavy atom. The molecule has 2 aromatic heterocycles. The van der Waals surface area contributed by atoms with E-state index in [4.69, 9.17) is 0 Å². The summed E-state index contributed by atoms with van der Waals surface area (Å²) in [5, 5.41) is 16.0. The highest BCUT2D eigenvalue weighted by molar-refractivity contribution is 7.10. The Hall–Kier alpha value is -1.73. The van der Waals surface area contributed by atoms with Gasteiger partial charge < -0.3 is 15.2 Å². The summed E-state index contributed by atoms with van der Waals surface area (Å²) >= 11 is 1.63. The Bertz CT molecular complexity index is 548.